The number of thiophene rings is 1. The first-order valence-electron chi connectivity index (χ1n) is 17.1. The second kappa shape index (κ2) is 15.4. The van der Waals surface area contributed by atoms with E-state index in [1.807, 2.05) is 60.7 Å². The summed E-state index contributed by atoms with van der Waals surface area (Å²) in [5, 5.41) is 1.35. The maximum absolute atomic E-state index is 14.3. The molecule has 0 spiro atoms. The normalized spacial score (nSPS) is 14.7. The molecule has 0 unspecified atom stereocenters. The molecule has 0 amide bonds. The van der Waals surface area contributed by atoms with Gasteiger partial charge in [-0.25, -0.2) is 0 Å². The molecular formula is C38H50NO6PSSi. The summed E-state index contributed by atoms with van der Waals surface area (Å²) in [5.74, 6) is 1.50. The number of carbonyl (C=O) groups is 1. The third-order valence-corrected chi connectivity index (χ3v) is 17.0. The fourth-order valence-electron chi connectivity index (χ4n) is 5.66. The Morgan fingerprint density at radius 1 is 0.875 bits per heavy atom. The molecule has 1 aliphatic heterocycles. The van der Waals surface area contributed by atoms with Crippen molar-refractivity contribution < 1.29 is 27.6 Å². The van der Waals surface area contributed by atoms with Crippen molar-refractivity contribution in [3.8, 4) is 21.9 Å². The lowest BCUT2D eigenvalue weighted by Crippen LogP contribution is -2.43. The van der Waals surface area contributed by atoms with E-state index < -0.39 is 15.9 Å². The number of hydrogen-bond acceptors (Lipinski definition) is 8. The largest absolute Gasteiger partial charge is 0.544 e. The van der Waals surface area contributed by atoms with Crippen LogP contribution >= 0.6 is 18.9 Å². The van der Waals surface area contributed by atoms with Crippen LogP contribution in [0.5, 0.6) is 11.5 Å². The van der Waals surface area contributed by atoms with Gasteiger partial charge >= 0.3 is 7.60 Å². The van der Waals surface area contributed by atoms with Crippen LogP contribution in [0.3, 0.4) is 0 Å². The average Bonchev–Trinajstić information content (AvgIpc) is 3.44. The zero-order valence-electron chi connectivity index (χ0n) is 29.5. The van der Waals surface area contributed by atoms with Crippen LogP contribution in [0.25, 0.3) is 20.5 Å². The van der Waals surface area contributed by atoms with Crippen molar-refractivity contribution in [2.24, 2.45) is 0 Å². The van der Waals surface area contributed by atoms with Crippen LogP contribution in [0.4, 0.5) is 0 Å². The van der Waals surface area contributed by atoms with Gasteiger partial charge in [-0.3, -0.25) is 14.3 Å². The number of piperidine rings is 1. The fourth-order valence-corrected chi connectivity index (χ4v) is 9.62. The fraction of sp³-hybridized carbons (Fsp3) is 0.447. The molecule has 1 aromatic heterocycles. The number of hydrogen-bond donors (Lipinski definition) is 0. The molecule has 0 radical (unpaired) electrons. The molecule has 5 rings (SSSR count). The molecule has 4 aromatic rings. The lowest BCUT2D eigenvalue weighted by molar-refractivity contribution is 0.104. The van der Waals surface area contributed by atoms with Crippen LogP contribution in [0.2, 0.25) is 18.1 Å². The Morgan fingerprint density at radius 3 is 2.10 bits per heavy atom. The molecule has 0 N–H and O–H groups in total. The van der Waals surface area contributed by atoms with Gasteiger partial charge < -0.3 is 18.2 Å². The number of benzene rings is 3. The van der Waals surface area contributed by atoms with E-state index in [1.165, 1.54) is 30.6 Å². The molecule has 0 atom stereocenters. The van der Waals surface area contributed by atoms with Gasteiger partial charge in [-0.1, -0.05) is 33.3 Å². The van der Waals surface area contributed by atoms with Crippen molar-refractivity contribution in [1.29, 1.82) is 0 Å². The van der Waals surface area contributed by atoms with Gasteiger partial charge in [0.2, 0.25) is 8.32 Å². The second-order valence-corrected chi connectivity index (χ2v) is 21.6. The number of nitrogens with zero attached hydrogens (tertiary/aromatic N) is 1. The number of fused-ring (bicyclic) bond motifs is 1. The van der Waals surface area contributed by atoms with Gasteiger partial charge in [0.05, 0.1) is 18.5 Å². The number of ketones is 1. The van der Waals surface area contributed by atoms with Gasteiger partial charge in [-0.15, -0.1) is 11.3 Å². The van der Waals surface area contributed by atoms with E-state index in [2.05, 4.69) is 38.8 Å². The lowest BCUT2D eigenvalue weighted by Gasteiger charge is -2.36. The van der Waals surface area contributed by atoms with Crippen molar-refractivity contribution in [1.82, 2.24) is 4.90 Å². The predicted molar refractivity (Wildman–Crippen MR) is 201 cm³/mol. The zero-order chi connectivity index (χ0) is 34.5. The summed E-state index contributed by atoms with van der Waals surface area (Å²) in [6, 6.07) is 21.0. The minimum absolute atomic E-state index is 0.0742. The third-order valence-electron chi connectivity index (χ3n) is 9.35. The van der Waals surface area contributed by atoms with Gasteiger partial charge in [-0.2, -0.15) is 0 Å². The first-order valence-corrected chi connectivity index (χ1v) is 22.4. The number of carbonyl (C=O) groups excluding carboxylic acids is 1. The Hall–Kier alpha value is -2.78. The highest BCUT2D eigenvalue weighted by atomic mass is 32.1. The minimum atomic E-state index is -3.51. The molecule has 2 heterocycles. The first-order chi connectivity index (χ1) is 22.8. The lowest BCUT2D eigenvalue weighted by atomic mass is 9.97. The van der Waals surface area contributed by atoms with E-state index in [-0.39, 0.29) is 24.0 Å². The van der Waals surface area contributed by atoms with E-state index >= 15 is 0 Å². The van der Waals surface area contributed by atoms with Gasteiger partial charge in [0.1, 0.15) is 18.1 Å². The summed E-state index contributed by atoms with van der Waals surface area (Å²) in [4.78, 5) is 17.6. The predicted octanol–water partition coefficient (Wildman–Crippen LogP) is 9.94. The molecule has 1 fully saturated rings. The molecule has 0 saturated carbocycles. The number of ether oxygens (including phenoxy) is 1. The molecule has 0 aliphatic carbocycles. The molecule has 1 aliphatic rings. The SMILES string of the molecule is CCOP(=O)(OCC)c1ccc2c(C(=O)c3ccc(OCCN4CCCCC4)cc3)c(-c3ccc(O[Si](C)(C)C(C)(C)C)cc3)sc2c1. The topological polar surface area (TPSA) is 74.3 Å². The quantitative estimate of drug-likeness (QED) is 0.0734. The van der Waals surface area contributed by atoms with Crippen molar-refractivity contribution in [2.45, 2.75) is 72.0 Å². The molecule has 7 nitrogen and oxygen atoms in total. The van der Waals surface area contributed by atoms with Gasteiger partial charge in [0, 0.05) is 32.6 Å². The van der Waals surface area contributed by atoms with Crippen LogP contribution in [-0.2, 0) is 13.6 Å². The summed E-state index contributed by atoms with van der Waals surface area (Å²) in [6.07, 6.45) is 3.82. The molecule has 0 bridgehead atoms. The Bertz CT molecular complexity index is 1730. The average molecular weight is 708 g/mol. The van der Waals surface area contributed by atoms with E-state index in [1.54, 1.807) is 19.9 Å². The molecule has 48 heavy (non-hydrogen) atoms. The third kappa shape index (κ3) is 8.32. The van der Waals surface area contributed by atoms with Gasteiger partial charge in [0.25, 0.3) is 0 Å². The van der Waals surface area contributed by atoms with Crippen molar-refractivity contribution in [3.05, 3.63) is 77.9 Å². The highest BCUT2D eigenvalue weighted by Gasteiger charge is 2.39. The van der Waals surface area contributed by atoms with Crippen LogP contribution in [-0.4, -0.2) is 58.5 Å². The summed E-state index contributed by atoms with van der Waals surface area (Å²) < 4.78 is 38.4. The van der Waals surface area contributed by atoms with Crippen LogP contribution in [0, 0.1) is 0 Å². The molecular weight excluding hydrogens is 658 g/mol. The number of likely N-dealkylation sites (tertiary alicyclic amines) is 1. The molecule has 1 saturated heterocycles. The molecule has 3 aromatic carbocycles. The summed E-state index contributed by atoms with van der Waals surface area (Å²) in [7, 11) is -5.52. The number of rotatable bonds is 14. The van der Waals surface area contributed by atoms with Crippen LogP contribution in [0.1, 0.15) is 69.8 Å². The van der Waals surface area contributed by atoms with Gasteiger partial charge in [0.15, 0.2) is 5.78 Å². The zero-order valence-corrected chi connectivity index (χ0v) is 32.2. The van der Waals surface area contributed by atoms with Crippen molar-refractivity contribution >= 4 is 48.4 Å². The Labute approximate surface area is 291 Å². The van der Waals surface area contributed by atoms with E-state index in [0.29, 0.717) is 23.0 Å². The minimum Gasteiger partial charge on any atom is -0.544 e. The van der Waals surface area contributed by atoms with Crippen molar-refractivity contribution in [2.75, 3.05) is 39.5 Å². The van der Waals surface area contributed by atoms with E-state index in [9.17, 15) is 9.36 Å². The highest BCUT2D eigenvalue weighted by molar-refractivity contribution is 7.62. The molecule has 258 valence electrons. The van der Waals surface area contributed by atoms with E-state index in [4.69, 9.17) is 18.2 Å². The van der Waals surface area contributed by atoms with Crippen molar-refractivity contribution in [3.63, 3.8) is 0 Å². The smallest absolute Gasteiger partial charge is 0.361 e. The summed E-state index contributed by atoms with van der Waals surface area (Å²) in [5.41, 5.74) is 2.11. The maximum atomic E-state index is 14.3. The Morgan fingerprint density at radius 2 is 1.50 bits per heavy atom. The Balaban J connectivity index is 1.48. The van der Waals surface area contributed by atoms with Gasteiger partial charge in [-0.05, 0) is 124 Å². The maximum Gasteiger partial charge on any atom is 0.361 e. The monoisotopic (exact) mass is 707 g/mol. The standard InChI is InChI=1S/C38H50NO6PSSi/c1-8-43-46(41,44-9-2)32-21-22-33-34(27-32)47-37(29-15-19-31(20-16-29)45-48(6,7)38(3,4)5)35(33)36(40)28-13-17-30(18-14-28)42-26-25-39-23-11-10-12-24-39/h13-22,27H,8-12,23-26H2,1-7H3. The summed E-state index contributed by atoms with van der Waals surface area (Å²) in [6.45, 7) is 19.1. The first kappa shape index (κ1) is 36.5. The molecule has 10 heteroatoms. The van der Waals surface area contributed by atoms with Crippen LogP contribution < -0.4 is 14.5 Å². The van der Waals surface area contributed by atoms with Crippen LogP contribution in [0.15, 0.2) is 66.7 Å². The highest BCUT2D eigenvalue weighted by Crippen LogP contribution is 2.49. The van der Waals surface area contributed by atoms with E-state index in [0.717, 1.165) is 51.7 Å². The summed E-state index contributed by atoms with van der Waals surface area (Å²) >= 11 is 1.50. The second-order valence-electron chi connectivity index (χ2n) is 13.8. The Kier molecular flexibility index (Phi) is 11.7.